The maximum atomic E-state index is 13.1. The van der Waals surface area contributed by atoms with Crippen molar-refractivity contribution in [3.8, 4) is 0 Å². The molecule has 0 aromatic heterocycles. The molecule has 0 N–H and O–H groups in total. The lowest BCUT2D eigenvalue weighted by molar-refractivity contribution is -0.137. The molecular formula is C16H12F3N. The Morgan fingerprint density at radius 1 is 0.950 bits per heavy atom. The smallest absolute Gasteiger partial charge is 0.253 e. The molecule has 0 radical (unpaired) electrons. The Labute approximate surface area is 114 Å². The van der Waals surface area contributed by atoms with Gasteiger partial charge in [0.1, 0.15) is 0 Å². The highest BCUT2D eigenvalue weighted by Crippen LogP contribution is 2.41. The molecule has 1 aromatic rings. The third-order valence-corrected chi connectivity index (χ3v) is 3.44. The van der Waals surface area contributed by atoms with Crippen LogP contribution in [0.2, 0.25) is 0 Å². The Bertz CT molecular complexity index is 715. The van der Waals surface area contributed by atoms with Gasteiger partial charge in [0, 0.05) is 11.3 Å². The van der Waals surface area contributed by atoms with Crippen LogP contribution in [0.5, 0.6) is 0 Å². The van der Waals surface area contributed by atoms with Gasteiger partial charge in [-0.3, -0.25) is 4.99 Å². The first kappa shape index (κ1) is 12.9. The number of allylic oxidation sites excluding steroid dienone is 6. The highest BCUT2D eigenvalue weighted by Gasteiger charge is 2.35. The van der Waals surface area contributed by atoms with Crippen molar-refractivity contribution >= 4 is 11.3 Å². The molecule has 0 saturated heterocycles. The number of benzene rings is 1. The van der Waals surface area contributed by atoms with Crippen LogP contribution in [-0.4, -0.2) is 5.71 Å². The molecule has 1 aliphatic heterocycles. The number of hydrogen-bond donors (Lipinski definition) is 0. The molecule has 0 spiro atoms. The van der Waals surface area contributed by atoms with E-state index >= 15 is 0 Å². The molecule has 102 valence electrons. The number of alkyl halides is 3. The van der Waals surface area contributed by atoms with E-state index in [2.05, 4.69) is 4.99 Å². The van der Waals surface area contributed by atoms with Gasteiger partial charge < -0.3 is 0 Å². The van der Waals surface area contributed by atoms with Crippen LogP contribution in [0.1, 0.15) is 25.0 Å². The lowest BCUT2D eigenvalue weighted by Crippen LogP contribution is -2.08. The molecule has 2 aliphatic rings. The summed E-state index contributed by atoms with van der Waals surface area (Å²) in [5.74, 6) is 0. The lowest BCUT2D eigenvalue weighted by Gasteiger charge is -2.13. The number of nitrogens with zero attached hydrogens (tertiary/aromatic N) is 1. The second kappa shape index (κ2) is 4.20. The number of hydrogen-bond acceptors (Lipinski definition) is 1. The summed E-state index contributed by atoms with van der Waals surface area (Å²) in [5.41, 5.74) is 3.51. The van der Waals surface area contributed by atoms with E-state index in [-0.39, 0.29) is 5.56 Å². The van der Waals surface area contributed by atoms with Crippen molar-refractivity contribution in [2.45, 2.75) is 20.0 Å². The second-order valence-electron chi connectivity index (χ2n) is 4.94. The summed E-state index contributed by atoms with van der Waals surface area (Å²) in [4.78, 5) is 4.37. The van der Waals surface area contributed by atoms with Gasteiger partial charge in [0.25, 0.3) is 0 Å². The maximum Gasteiger partial charge on any atom is 0.417 e. The van der Waals surface area contributed by atoms with Crippen LogP contribution >= 0.6 is 0 Å². The van der Waals surface area contributed by atoms with E-state index < -0.39 is 11.7 Å². The van der Waals surface area contributed by atoms with E-state index in [0.29, 0.717) is 5.57 Å². The van der Waals surface area contributed by atoms with E-state index in [1.807, 2.05) is 19.9 Å². The fraction of sp³-hybridized carbons (Fsp3) is 0.188. The summed E-state index contributed by atoms with van der Waals surface area (Å²) in [6.45, 7) is 3.72. The van der Waals surface area contributed by atoms with E-state index in [0.717, 1.165) is 28.6 Å². The average molecular weight is 275 g/mol. The third-order valence-electron chi connectivity index (χ3n) is 3.44. The van der Waals surface area contributed by atoms with Crippen LogP contribution in [0.3, 0.4) is 0 Å². The summed E-state index contributed by atoms with van der Waals surface area (Å²) in [7, 11) is 0. The summed E-state index contributed by atoms with van der Waals surface area (Å²) in [6.07, 6.45) is -0.740. The Morgan fingerprint density at radius 2 is 1.65 bits per heavy atom. The predicted octanol–water partition coefficient (Wildman–Crippen LogP) is 4.78. The van der Waals surface area contributed by atoms with Crippen molar-refractivity contribution in [3.05, 3.63) is 64.4 Å². The molecule has 0 fully saturated rings. The first-order chi connectivity index (χ1) is 9.38. The number of rotatable bonds is 1. The average Bonchev–Trinajstić information content (AvgIpc) is 2.88. The van der Waals surface area contributed by atoms with E-state index in [4.69, 9.17) is 0 Å². The summed E-state index contributed by atoms with van der Waals surface area (Å²) < 4.78 is 39.4. The molecule has 0 amide bonds. The molecular weight excluding hydrogens is 263 g/mol. The van der Waals surface area contributed by atoms with Crippen LogP contribution < -0.4 is 0 Å². The molecule has 0 unspecified atom stereocenters. The minimum Gasteiger partial charge on any atom is -0.253 e. The minimum absolute atomic E-state index is 0.213. The second-order valence-corrected chi connectivity index (χ2v) is 4.94. The Morgan fingerprint density at radius 3 is 2.35 bits per heavy atom. The number of fused-ring (bicyclic) bond motifs is 1. The van der Waals surface area contributed by atoms with Gasteiger partial charge in [0.15, 0.2) is 0 Å². The third kappa shape index (κ3) is 1.92. The summed E-state index contributed by atoms with van der Waals surface area (Å²) in [6, 6.07) is 5.67. The normalized spacial score (nSPS) is 17.9. The molecule has 1 aliphatic carbocycles. The molecule has 0 atom stereocenters. The van der Waals surface area contributed by atoms with Crippen molar-refractivity contribution < 1.29 is 13.2 Å². The van der Waals surface area contributed by atoms with Gasteiger partial charge in [-0.05, 0) is 48.8 Å². The Balaban J connectivity index is 2.24. The van der Waals surface area contributed by atoms with Gasteiger partial charge in [-0.2, -0.15) is 13.2 Å². The Kier molecular flexibility index (Phi) is 2.71. The standard InChI is InChI=1S/C16H12F3N/c1-9-7-12(13-8-10(2)20-15(9)13)11-5-3-4-6-14(11)16(17,18)19/h3-8H,1-2H3. The predicted molar refractivity (Wildman–Crippen MR) is 73.3 cm³/mol. The minimum atomic E-state index is -4.36. The highest BCUT2D eigenvalue weighted by molar-refractivity contribution is 6.25. The summed E-state index contributed by atoms with van der Waals surface area (Å²) >= 11 is 0. The molecule has 0 bridgehead atoms. The molecule has 0 saturated carbocycles. The Hall–Kier alpha value is -2.10. The maximum absolute atomic E-state index is 13.1. The zero-order valence-electron chi connectivity index (χ0n) is 11.0. The van der Waals surface area contributed by atoms with Crippen molar-refractivity contribution in [2.24, 2.45) is 4.99 Å². The van der Waals surface area contributed by atoms with Gasteiger partial charge in [-0.15, -0.1) is 0 Å². The van der Waals surface area contributed by atoms with Crippen molar-refractivity contribution in [1.82, 2.24) is 0 Å². The number of halogens is 3. The van der Waals surface area contributed by atoms with Crippen LogP contribution in [0, 0.1) is 0 Å². The van der Waals surface area contributed by atoms with E-state index in [1.165, 1.54) is 12.1 Å². The van der Waals surface area contributed by atoms with E-state index in [1.54, 1.807) is 12.1 Å². The molecule has 1 nitrogen and oxygen atoms in total. The van der Waals surface area contributed by atoms with Crippen LogP contribution in [0.25, 0.3) is 5.57 Å². The highest BCUT2D eigenvalue weighted by atomic mass is 19.4. The quantitative estimate of drug-likeness (QED) is 0.699. The molecule has 4 heteroatoms. The van der Waals surface area contributed by atoms with Crippen LogP contribution in [0.4, 0.5) is 13.2 Å². The van der Waals surface area contributed by atoms with Crippen molar-refractivity contribution in [2.75, 3.05) is 0 Å². The van der Waals surface area contributed by atoms with Gasteiger partial charge in [-0.1, -0.05) is 18.2 Å². The molecule has 1 aromatic carbocycles. The largest absolute Gasteiger partial charge is 0.417 e. The first-order valence-electron chi connectivity index (χ1n) is 6.25. The number of aliphatic imine (C=N–C) groups is 1. The van der Waals surface area contributed by atoms with Crippen molar-refractivity contribution in [1.29, 1.82) is 0 Å². The van der Waals surface area contributed by atoms with Gasteiger partial charge in [0.2, 0.25) is 0 Å². The fourth-order valence-electron chi connectivity index (χ4n) is 2.60. The topological polar surface area (TPSA) is 12.4 Å². The molecule has 1 heterocycles. The molecule has 20 heavy (non-hydrogen) atoms. The van der Waals surface area contributed by atoms with E-state index in [9.17, 15) is 13.2 Å². The van der Waals surface area contributed by atoms with Crippen LogP contribution in [-0.2, 0) is 6.18 Å². The SMILES string of the molecule is CC1=CC2=C(c3ccccc3C(F)(F)F)C=C(C)C2=N1. The fourth-order valence-corrected chi connectivity index (χ4v) is 2.60. The van der Waals surface area contributed by atoms with Gasteiger partial charge in [-0.25, -0.2) is 0 Å². The van der Waals surface area contributed by atoms with Gasteiger partial charge >= 0.3 is 6.18 Å². The van der Waals surface area contributed by atoms with Crippen molar-refractivity contribution in [3.63, 3.8) is 0 Å². The zero-order chi connectivity index (χ0) is 14.5. The van der Waals surface area contributed by atoms with Crippen LogP contribution in [0.15, 0.2) is 58.3 Å². The molecule has 3 rings (SSSR count). The first-order valence-corrected chi connectivity index (χ1v) is 6.25. The van der Waals surface area contributed by atoms with Gasteiger partial charge in [0.05, 0.1) is 11.3 Å². The zero-order valence-corrected chi connectivity index (χ0v) is 11.0. The summed E-state index contributed by atoms with van der Waals surface area (Å²) in [5, 5.41) is 0. The monoisotopic (exact) mass is 275 g/mol. The lowest BCUT2D eigenvalue weighted by atomic mass is 9.96.